The Balaban J connectivity index is 1.03. The number of piperazine rings is 1. The lowest BCUT2D eigenvalue weighted by atomic mass is 9.90. The van der Waals surface area contributed by atoms with Crippen LogP contribution in [0, 0.1) is 28.9 Å². The number of benzene rings is 2. The van der Waals surface area contributed by atoms with Crippen LogP contribution in [0.2, 0.25) is 0 Å². The number of hydrogen-bond acceptors (Lipinski definition) is 10. The molecule has 4 heterocycles. The molecular weight excluding hydrogens is 810 g/mol. The van der Waals surface area contributed by atoms with E-state index in [1.807, 2.05) is 24.8 Å². The van der Waals surface area contributed by atoms with Gasteiger partial charge in [-0.15, -0.1) is 0 Å². The number of aryl methyl sites for hydroxylation is 1. The number of halogens is 5. The normalized spacial score (nSPS) is 20.1. The highest BCUT2D eigenvalue weighted by Crippen LogP contribution is 2.40. The number of nitrogens with one attached hydrogen (secondary N) is 1. The molecule has 1 unspecified atom stereocenters. The summed E-state index contributed by atoms with van der Waals surface area (Å²) in [6.07, 6.45) is -3.00. The van der Waals surface area contributed by atoms with Crippen molar-refractivity contribution in [3.05, 3.63) is 82.2 Å². The zero-order valence-electron chi connectivity index (χ0n) is 33.5. The smallest absolute Gasteiger partial charge is 0.419 e. The van der Waals surface area contributed by atoms with Crippen molar-refractivity contribution in [2.75, 3.05) is 49.1 Å². The Hall–Kier alpha value is -5.38. The van der Waals surface area contributed by atoms with Crippen LogP contribution in [0.25, 0.3) is 0 Å². The van der Waals surface area contributed by atoms with Crippen molar-refractivity contribution in [3.63, 3.8) is 0 Å². The number of nitriles is 1. The molecule has 60 heavy (non-hydrogen) atoms. The summed E-state index contributed by atoms with van der Waals surface area (Å²) in [5, 5.41) is 11.4. The molecule has 12 nitrogen and oxygen atoms in total. The van der Waals surface area contributed by atoms with Gasteiger partial charge in [0, 0.05) is 56.7 Å². The molecule has 0 spiro atoms. The summed E-state index contributed by atoms with van der Waals surface area (Å²) in [4.78, 5) is 60.9. The van der Waals surface area contributed by atoms with Crippen molar-refractivity contribution < 1.29 is 45.9 Å². The summed E-state index contributed by atoms with van der Waals surface area (Å²) in [7, 11) is 0. The van der Waals surface area contributed by atoms with Gasteiger partial charge in [0.2, 0.25) is 11.8 Å². The summed E-state index contributed by atoms with van der Waals surface area (Å²) in [6, 6.07) is 9.87. The fourth-order valence-corrected chi connectivity index (χ4v) is 8.44. The maximum Gasteiger partial charge on any atom is 0.419 e. The first-order valence-corrected chi connectivity index (χ1v) is 19.9. The number of hydrogen-bond donors (Lipinski definition) is 1. The van der Waals surface area contributed by atoms with Crippen LogP contribution in [-0.4, -0.2) is 94.3 Å². The molecule has 0 aliphatic carbocycles. The highest BCUT2D eigenvalue weighted by atomic mass is 32.1. The average Bonchev–Trinajstić information content (AvgIpc) is 3.36. The van der Waals surface area contributed by atoms with Crippen LogP contribution in [0.5, 0.6) is 5.75 Å². The minimum absolute atomic E-state index is 0.0244. The Bertz CT molecular complexity index is 2260. The first kappa shape index (κ1) is 44.2. The number of anilines is 2. The molecule has 0 saturated carbocycles. The van der Waals surface area contributed by atoms with Crippen molar-refractivity contribution >= 4 is 52.2 Å². The third-order valence-corrected chi connectivity index (χ3v) is 11.5. The van der Waals surface area contributed by atoms with E-state index in [1.54, 1.807) is 30.9 Å². The first-order chi connectivity index (χ1) is 28.3. The SMILES string of the molecule is CCc1cc(N2C(=S)N(c3cnc(C#N)c(C(F)(F)F)c3)C(=O)C2(C)C)ccc1OCCN1CCN(CC(=O)Cc2cc(CC3CCC(=O)NC3=O)cc(F)c2F)[C@H](C)C1. The monoisotopic (exact) mass is 853 g/mol. The predicted octanol–water partition coefficient (Wildman–Crippen LogP) is 5.52. The fourth-order valence-electron chi connectivity index (χ4n) is 7.92. The molecule has 0 bridgehead atoms. The van der Waals surface area contributed by atoms with E-state index < -0.39 is 52.3 Å². The zero-order chi connectivity index (χ0) is 43.7. The van der Waals surface area contributed by atoms with Gasteiger partial charge in [0.25, 0.3) is 5.91 Å². The van der Waals surface area contributed by atoms with Crippen LogP contribution in [0.4, 0.5) is 33.3 Å². The zero-order valence-corrected chi connectivity index (χ0v) is 34.3. The second-order valence-corrected chi connectivity index (χ2v) is 16.1. The number of alkyl halides is 3. The van der Waals surface area contributed by atoms with Crippen LogP contribution in [0.3, 0.4) is 0 Å². The van der Waals surface area contributed by atoms with Gasteiger partial charge in [0.1, 0.15) is 24.0 Å². The van der Waals surface area contributed by atoms with Crippen molar-refractivity contribution in [1.29, 1.82) is 5.26 Å². The van der Waals surface area contributed by atoms with E-state index >= 15 is 0 Å². The molecule has 2 aromatic carbocycles. The molecule has 3 aliphatic heterocycles. The fraction of sp³-hybridized carbons (Fsp3) is 0.452. The number of amides is 3. The van der Waals surface area contributed by atoms with Gasteiger partial charge in [-0.05, 0) is 99.3 Å². The highest BCUT2D eigenvalue weighted by Gasteiger charge is 2.51. The Morgan fingerprint density at radius 1 is 1.08 bits per heavy atom. The van der Waals surface area contributed by atoms with E-state index in [4.69, 9.17) is 17.0 Å². The Labute approximate surface area is 349 Å². The van der Waals surface area contributed by atoms with Gasteiger partial charge in [-0.1, -0.05) is 13.0 Å². The number of thiocarbonyl (C=S) groups is 1. The molecule has 3 saturated heterocycles. The number of ether oxygens (including phenoxy) is 1. The number of pyridine rings is 1. The molecule has 2 atom stereocenters. The van der Waals surface area contributed by atoms with Gasteiger partial charge in [0.15, 0.2) is 28.2 Å². The van der Waals surface area contributed by atoms with Crippen molar-refractivity contribution in [2.45, 2.75) is 77.6 Å². The van der Waals surface area contributed by atoms with Crippen LogP contribution >= 0.6 is 12.2 Å². The lowest BCUT2D eigenvalue weighted by Gasteiger charge is -2.39. The minimum atomic E-state index is -4.88. The topological polar surface area (TPSA) is 139 Å². The van der Waals surface area contributed by atoms with Crippen molar-refractivity contribution in [1.82, 2.24) is 20.1 Å². The number of rotatable bonds is 13. The standard InChI is InChI=1S/C42H44F5N7O5S/c1-5-26-17-29(54-40(60)53(39(58)41(54,3)4)30-19-32(42(45,46)47)34(20-48)49-21-30)7-8-35(26)59-13-12-51-10-11-52(24(2)22-51)23-31(55)18-28-15-25(16-33(43)37(28)44)14-27-6-9-36(56)50-38(27)57/h7-8,15-17,19,21,24,27H,5-6,9-14,18,22-23H2,1-4H3,(H,50,56,57)/t24-,27?/m1/s1. The van der Waals surface area contributed by atoms with Crippen LogP contribution in [0.1, 0.15) is 68.5 Å². The van der Waals surface area contributed by atoms with E-state index in [0.29, 0.717) is 68.7 Å². The van der Waals surface area contributed by atoms with E-state index in [2.05, 4.69) is 15.2 Å². The van der Waals surface area contributed by atoms with Gasteiger partial charge in [-0.3, -0.25) is 39.2 Å². The van der Waals surface area contributed by atoms with Crippen molar-refractivity contribution in [2.24, 2.45) is 5.92 Å². The molecule has 6 rings (SSSR count). The van der Waals surface area contributed by atoms with E-state index in [-0.39, 0.29) is 59.9 Å². The summed E-state index contributed by atoms with van der Waals surface area (Å²) < 4.78 is 76.8. The number of nitrogens with zero attached hydrogens (tertiary/aromatic N) is 6. The van der Waals surface area contributed by atoms with E-state index in [0.717, 1.165) is 22.7 Å². The van der Waals surface area contributed by atoms with Gasteiger partial charge in [-0.25, -0.2) is 13.8 Å². The average molecular weight is 854 g/mol. The van der Waals surface area contributed by atoms with Gasteiger partial charge in [-0.2, -0.15) is 18.4 Å². The molecule has 0 radical (unpaired) electrons. The number of piperidine rings is 1. The molecule has 18 heteroatoms. The van der Waals surface area contributed by atoms with E-state index in [9.17, 15) is 46.4 Å². The van der Waals surface area contributed by atoms with E-state index in [1.165, 1.54) is 12.1 Å². The van der Waals surface area contributed by atoms with Crippen molar-refractivity contribution in [3.8, 4) is 11.8 Å². The Morgan fingerprint density at radius 3 is 2.50 bits per heavy atom. The van der Waals surface area contributed by atoms with Gasteiger partial charge in [0.05, 0.1) is 24.0 Å². The predicted molar refractivity (Wildman–Crippen MR) is 214 cm³/mol. The van der Waals surface area contributed by atoms with Crippen LogP contribution < -0.4 is 19.9 Å². The Kier molecular flexibility index (Phi) is 13.0. The number of imide groups is 1. The second-order valence-electron chi connectivity index (χ2n) is 15.7. The lowest BCUT2D eigenvalue weighted by Crippen LogP contribution is -2.53. The molecule has 3 aliphatic rings. The lowest BCUT2D eigenvalue weighted by molar-refractivity contribution is -0.138. The molecular formula is C42H44F5N7O5S. The molecule has 318 valence electrons. The maximum absolute atomic E-state index is 14.8. The Morgan fingerprint density at radius 2 is 1.83 bits per heavy atom. The van der Waals surface area contributed by atoms with Gasteiger partial charge < -0.3 is 9.64 Å². The molecule has 3 amide bonds. The minimum Gasteiger partial charge on any atom is -0.492 e. The van der Waals surface area contributed by atoms with Crippen LogP contribution in [-0.2, 0) is 44.6 Å². The van der Waals surface area contributed by atoms with Crippen LogP contribution in [0.15, 0.2) is 42.6 Å². The summed E-state index contributed by atoms with van der Waals surface area (Å²) in [5.74, 6) is -3.78. The summed E-state index contributed by atoms with van der Waals surface area (Å²) in [6.45, 7) is 9.94. The van der Waals surface area contributed by atoms with Gasteiger partial charge >= 0.3 is 6.18 Å². The molecule has 1 N–H and O–H groups in total. The molecule has 1 aromatic heterocycles. The highest BCUT2D eigenvalue weighted by molar-refractivity contribution is 7.81. The number of Topliss-reactive ketones (excluding diaryl/α,β-unsaturated/α-hetero) is 1. The third-order valence-electron chi connectivity index (χ3n) is 11.2. The maximum atomic E-state index is 14.8. The largest absolute Gasteiger partial charge is 0.492 e. The second kappa shape index (κ2) is 17.7. The number of carbonyl (C=O) groups is 4. The number of aromatic nitrogens is 1. The molecule has 3 aromatic rings. The number of ketones is 1. The molecule has 3 fully saturated rings. The summed E-state index contributed by atoms with van der Waals surface area (Å²) in [5.41, 5.74) is -1.91. The summed E-state index contributed by atoms with van der Waals surface area (Å²) >= 11 is 5.67. The number of carbonyl (C=O) groups excluding carboxylic acids is 4. The quantitative estimate of drug-likeness (QED) is 0.132. The third kappa shape index (κ3) is 9.33. The first-order valence-electron chi connectivity index (χ1n) is 19.5.